The Morgan fingerprint density at radius 3 is 2.75 bits per heavy atom. The van der Waals surface area contributed by atoms with Crippen LogP contribution in [0.15, 0.2) is 52.4 Å². The zero-order valence-corrected chi connectivity index (χ0v) is 14.9. The first-order valence-corrected chi connectivity index (χ1v) is 8.51. The topological polar surface area (TPSA) is 50.7 Å². The SMILES string of the molecule is COc1ccc(C=C2SC(=Nc3cccc(Cl)c3)NC2=O)cc1Cl. The van der Waals surface area contributed by atoms with Crippen molar-refractivity contribution in [2.24, 2.45) is 4.99 Å². The first kappa shape index (κ1) is 16.9. The number of amides is 1. The molecule has 0 aliphatic carbocycles. The molecule has 1 amide bonds. The van der Waals surface area contributed by atoms with Crippen molar-refractivity contribution in [2.45, 2.75) is 0 Å². The van der Waals surface area contributed by atoms with Crippen molar-refractivity contribution < 1.29 is 9.53 Å². The zero-order chi connectivity index (χ0) is 17.1. The minimum Gasteiger partial charge on any atom is -0.495 e. The summed E-state index contributed by atoms with van der Waals surface area (Å²) in [5.41, 5.74) is 1.49. The van der Waals surface area contributed by atoms with Gasteiger partial charge in [-0.05, 0) is 53.7 Å². The highest BCUT2D eigenvalue weighted by Crippen LogP contribution is 2.31. The average molecular weight is 379 g/mol. The second kappa shape index (κ2) is 7.30. The summed E-state index contributed by atoms with van der Waals surface area (Å²) < 4.78 is 5.12. The predicted octanol–water partition coefficient (Wildman–Crippen LogP) is 4.89. The molecule has 24 heavy (non-hydrogen) atoms. The van der Waals surface area contributed by atoms with E-state index < -0.39 is 0 Å². The minimum absolute atomic E-state index is 0.201. The fourth-order valence-corrected chi connectivity index (χ4v) is 3.36. The van der Waals surface area contributed by atoms with Gasteiger partial charge in [-0.25, -0.2) is 4.99 Å². The van der Waals surface area contributed by atoms with Crippen LogP contribution in [-0.2, 0) is 4.79 Å². The van der Waals surface area contributed by atoms with Gasteiger partial charge in [0.2, 0.25) is 0 Å². The Kier molecular flexibility index (Phi) is 5.14. The molecule has 0 unspecified atom stereocenters. The molecule has 1 heterocycles. The van der Waals surface area contributed by atoms with Crippen LogP contribution in [0.3, 0.4) is 0 Å². The number of halogens is 2. The number of hydrogen-bond acceptors (Lipinski definition) is 4. The second-order valence-corrected chi connectivity index (χ2v) is 6.73. The summed E-state index contributed by atoms with van der Waals surface area (Å²) in [7, 11) is 1.55. The quantitative estimate of drug-likeness (QED) is 0.773. The molecule has 0 aromatic heterocycles. The van der Waals surface area contributed by atoms with E-state index in [4.69, 9.17) is 27.9 Å². The fourth-order valence-electron chi connectivity index (χ4n) is 2.07. The summed E-state index contributed by atoms with van der Waals surface area (Å²) >= 11 is 13.3. The van der Waals surface area contributed by atoms with Crippen molar-refractivity contribution in [1.29, 1.82) is 0 Å². The van der Waals surface area contributed by atoms with E-state index in [-0.39, 0.29) is 5.91 Å². The molecule has 1 fully saturated rings. The molecule has 1 saturated heterocycles. The number of hydrogen-bond donors (Lipinski definition) is 1. The summed E-state index contributed by atoms with van der Waals surface area (Å²) in [6.07, 6.45) is 1.76. The van der Waals surface area contributed by atoms with Crippen molar-refractivity contribution >= 4 is 57.8 Å². The molecule has 122 valence electrons. The van der Waals surface area contributed by atoms with Crippen LogP contribution in [0.5, 0.6) is 5.75 Å². The summed E-state index contributed by atoms with van der Waals surface area (Å²) in [6.45, 7) is 0. The minimum atomic E-state index is -0.201. The lowest BCUT2D eigenvalue weighted by molar-refractivity contribution is -0.115. The number of methoxy groups -OCH3 is 1. The third-order valence-electron chi connectivity index (χ3n) is 3.16. The Morgan fingerprint density at radius 1 is 1.21 bits per heavy atom. The second-order valence-electron chi connectivity index (χ2n) is 4.86. The van der Waals surface area contributed by atoms with E-state index in [1.54, 1.807) is 43.5 Å². The molecule has 2 aromatic rings. The van der Waals surface area contributed by atoms with E-state index in [1.165, 1.54) is 11.8 Å². The van der Waals surface area contributed by atoms with E-state index in [0.717, 1.165) is 5.56 Å². The number of carbonyl (C=O) groups excluding carboxylic acids is 1. The molecule has 1 aliphatic rings. The van der Waals surface area contributed by atoms with Crippen LogP contribution in [0.2, 0.25) is 10.0 Å². The van der Waals surface area contributed by atoms with Crippen molar-refractivity contribution in [2.75, 3.05) is 7.11 Å². The van der Waals surface area contributed by atoms with Gasteiger partial charge in [0.15, 0.2) is 5.17 Å². The number of rotatable bonds is 3. The predicted molar refractivity (Wildman–Crippen MR) is 100 cm³/mol. The van der Waals surface area contributed by atoms with Gasteiger partial charge < -0.3 is 10.1 Å². The third-order valence-corrected chi connectivity index (χ3v) is 4.60. The highest BCUT2D eigenvalue weighted by molar-refractivity contribution is 8.18. The van der Waals surface area contributed by atoms with Crippen LogP contribution in [0.25, 0.3) is 6.08 Å². The molecular weight excluding hydrogens is 367 g/mol. The van der Waals surface area contributed by atoms with Gasteiger partial charge in [0.05, 0.1) is 22.7 Å². The van der Waals surface area contributed by atoms with Crippen molar-refractivity contribution in [1.82, 2.24) is 5.32 Å². The molecule has 1 aliphatic heterocycles. The van der Waals surface area contributed by atoms with Crippen molar-refractivity contribution in [3.63, 3.8) is 0 Å². The third kappa shape index (κ3) is 3.93. The van der Waals surface area contributed by atoms with E-state index in [9.17, 15) is 4.79 Å². The molecule has 2 aromatic carbocycles. The Labute approximate surface area is 153 Å². The molecule has 0 radical (unpaired) electrons. The summed E-state index contributed by atoms with van der Waals surface area (Å²) in [4.78, 5) is 17.0. The van der Waals surface area contributed by atoms with E-state index >= 15 is 0 Å². The molecule has 0 bridgehead atoms. The van der Waals surface area contributed by atoms with Gasteiger partial charge in [0, 0.05) is 5.02 Å². The molecule has 0 atom stereocenters. The van der Waals surface area contributed by atoms with Crippen LogP contribution in [-0.4, -0.2) is 18.2 Å². The highest BCUT2D eigenvalue weighted by atomic mass is 35.5. The maximum Gasteiger partial charge on any atom is 0.264 e. The smallest absolute Gasteiger partial charge is 0.264 e. The van der Waals surface area contributed by atoms with Crippen molar-refractivity contribution in [3.8, 4) is 5.75 Å². The van der Waals surface area contributed by atoms with Gasteiger partial charge in [-0.3, -0.25) is 4.79 Å². The fraction of sp³-hybridized carbons (Fsp3) is 0.0588. The zero-order valence-electron chi connectivity index (χ0n) is 12.5. The lowest BCUT2D eigenvalue weighted by Gasteiger charge is -2.03. The summed E-state index contributed by atoms with van der Waals surface area (Å²) in [5, 5.41) is 4.32. The molecule has 0 saturated carbocycles. The Balaban J connectivity index is 1.83. The van der Waals surface area contributed by atoms with E-state index in [0.29, 0.717) is 31.6 Å². The van der Waals surface area contributed by atoms with Crippen LogP contribution < -0.4 is 10.1 Å². The van der Waals surface area contributed by atoms with E-state index in [2.05, 4.69) is 10.3 Å². The first-order valence-electron chi connectivity index (χ1n) is 6.94. The molecule has 7 heteroatoms. The van der Waals surface area contributed by atoms with Crippen LogP contribution >= 0.6 is 35.0 Å². The highest BCUT2D eigenvalue weighted by Gasteiger charge is 2.23. The van der Waals surface area contributed by atoms with Gasteiger partial charge in [0.25, 0.3) is 5.91 Å². The van der Waals surface area contributed by atoms with Gasteiger partial charge in [-0.15, -0.1) is 0 Å². The Hall–Kier alpha value is -1.95. The molecule has 4 nitrogen and oxygen atoms in total. The maximum atomic E-state index is 12.1. The standard InChI is InChI=1S/C17H12Cl2N2O2S/c1-23-14-6-5-10(7-13(14)19)8-15-16(22)21-17(24-15)20-12-4-2-3-11(18)9-12/h2-9H,1H3,(H,20,21,22). The molecule has 3 rings (SSSR count). The normalized spacial score (nSPS) is 17.4. The number of nitrogens with zero attached hydrogens (tertiary/aromatic N) is 1. The number of thioether (sulfide) groups is 1. The van der Waals surface area contributed by atoms with Crippen molar-refractivity contribution in [3.05, 3.63) is 63.0 Å². The first-order chi connectivity index (χ1) is 11.5. The lowest BCUT2D eigenvalue weighted by atomic mass is 10.2. The van der Waals surface area contributed by atoms with Crippen LogP contribution in [0.4, 0.5) is 5.69 Å². The number of carbonyl (C=O) groups is 1. The van der Waals surface area contributed by atoms with Gasteiger partial charge in [-0.1, -0.05) is 35.3 Å². The Morgan fingerprint density at radius 2 is 2.04 bits per heavy atom. The van der Waals surface area contributed by atoms with E-state index in [1.807, 2.05) is 12.1 Å². The number of nitrogens with one attached hydrogen (secondary N) is 1. The number of aliphatic imine (C=N–C) groups is 1. The van der Waals surface area contributed by atoms with Gasteiger partial charge >= 0.3 is 0 Å². The van der Waals surface area contributed by atoms with Gasteiger partial charge in [-0.2, -0.15) is 0 Å². The molecular formula is C17H12Cl2N2O2S. The number of ether oxygens (including phenoxy) is 1. The Bertz CT molecular complexity index is 865. The average Bonchev–Trinajstić information content (AvgIpc) is 2.87. The monoisotopic (exact) mass is 378 g/mol. The van der Waals surface area contributed by atoms with Gasteiger partial charge in [0.1, 0.15) is 5.75 Å². The molecule has 1 N–H and O–H groups in total. The van der Waals surface area contributed by atoms with Crippen LogP contribution in [0, 0.1) is 0 Å². The largest absolute Gasteiger partial charge is 0.495 e. The number of amidine groups is 1. The summed E-state index contributed by atoms with van der Waals surface area (Å²) in [6, 6.07) is 12.4. The number of benzene rings is 2. The van der Waals surface area contributed by atoms with Crippen LogP contribution in [0.1, 0.15) is 5.56 Å². The maximum absolute atomic E-state index is 12.1. The molecule has 0 spiro atoms. The summed E-state index contributed by atoms with van der Waals surface area (Å²) in [5.74, 6) is 0.387. The lowest BCUT2D eigenvalue weighted by Crippen LogP contribution is -2.19.